The largest absolute Gasteiger partial charge is 0.491 e. The number of halogens is 1. The van der Waals surface area contributed by atoms with Crippen LogP contribution in [0.3, 0.4) is 0 Å². The Balaban J connectivity index is 1.62. The number of rotatable bonds is 8. The maximum Gasteiger partial charge on any atom is 0.344 e. The van der Waals surface area contributed by atoms with E-state index in [4.69, 9.17) is 25.8 Å². The van der Waals surface area contributed by atoms with Crippen LogP contribution in [0.15, 0.2) is 54.6 Å². The van der Waals surface area contributed by atoms with Crippen molar-refractivity contribution in [1.29, 1.82) is 0 Å². The molecule has 0 saturated carbocycles. The number of ether oxygens (including phenoxy) is 3. The van der Waals surface area contributed by atoms with Gasteiger partial charge in [-0.25, -0.2) is 4.79 Å². The topological polar surface area (TPSA) is 65.0 Å². The standard InChI is InChI=1S/C17H17ClO5/c18-13-6-8-16(9-7-13)21-10-14(19)11-23-17(20)12-22-15-4-2-1-3-5-15/h1-9,14,19H,10-12H2. The fourth-order valence-corrected chi connectivity index (χ4v) is 1.79. The summed E-state index contributed by atoms with van der Waals surface area (Å²) in [5.41, 5.74) is 0. The number of aliphatic hydroxyl groups excluding tert-OH is 1. The van der Waals surface area contributed by atoms with Crippen molar-refractivity contribution in [1.82, 2.24) is 0 Å². The lowest BCUT2D eigenvalue weighted by atomic mass is 10.3. The number of esters is 1. The van der Waals surface area contributed by atoms with E-state index in [1.54, 1.807) is 48.5 Å². The quantitative estimate of drug-likeness (QED) is 0.751. The Labute approximate surface area is 139 Å². The summed E-state index contributed by atoms with van der Waals surface area (Å²) in [5, 5.41) is 10.3. The number of hydrogen-bond acceptors (Lipinski definition) is 5. The average molecular weight is 337 g/mol. The van der Waals surface area contributed by atoms with Crippen molar-refractivity contribution in [3.05, 3.63) is 59.6 Å². The second-order valence-electron chi connectivity index (χ2n) is 4.70. The molecule has 0 spiro atoms. The molecule has 0 bridgehead atoms. The van der Waals surface area contributed by atoms with Crippen LogP contribution in [-0.4, -0.2) is 37.0 Å². The molecule has 2 aromatic rings. The van der Waals surface area contributed by atoms with Crippen LogP contribution in [-0.2, 0) is 9.53 Å². The maximum atomic E-state index is 11.5. The number of hydrogen-bond donors (Lipinski definition) is 1. The predicted molar refractivity (Wildman–Crippen MR) is 85.8 cm³/mol. The van der Waals surface area contributed by atoms with Gasteiger partial charge in [-0.05, 0) is 36.4 Å². The fourth-order valence-electron chi connectivity index (χ4n) is 1.66. The number of benzene rings is 2. The molecule has 0 radical (unpaired) electrons. The maximum absolute atomic E-state index is 11.5. The van der Waals surface area contributed by atoms with Crippen molar-refractivity contribution >= 4 is 17.6 Å². The summed E-state index contributed by atoms with van der Waals surface area (Å²) < 4.78 is 15.5. The van der Waals surface area contributed by atoms with E-state index in [0.717, 1.165) is 0 Å². The van der Waals surface area contributed by atoms with Crippen LogP contribution in [0.4, 0.5) is 0 Å². The van der Waals surface area contributed by atoms with E-state index in [-0.39, 0.29) is 19.8 Å². The van der Waals surface area contributed by atoms with E-state index < -0.39 is 12.1 Å². The SMILES string of the molecule is O=C(COc1ccccc1)OCC(O)COc1ccc(Cl)cc1. The molecular weight excluding hydrogens is 320 g/mol. The predicted octanol–water partition coefficient (Wildman–Crippen LogP) is 2.70. The lowest BCUT2D eigenvalue weighted by Gasteiger charge is -2.13. The van der Waals surface area contributed by atoms with Gasteiger partial charge in [0.2, 0.25) is 0 Å². The molecule has 1 atom stereocenters. The Hall–Kier alpha value is -2.24. The van der Waals surface area contributed by atoms with Crippen LogP contribution in [0, 0.1) is 0 Å². The summed E-state index contributed by atoms with van der Waals surface area (Å²) in [7, 11) is 0. The van der Waals surface area contributed by atoms with E-state index in [0.29, 0.717) is 16.5 Å². The number of aliphatic hydroxyl groups is 1. The van der Waals surface area contributed by atoms with Crippen molar-refractivity contribution in [2.75, 3.05) is 19.8 Å². The van der Waals surface area contributed by atoms with Crippen LogP contribution in [0.25, 0.3) is 0 Å². The molecular formula is C17H17ClO5. The van der Waals surface area contributed by atoms with Gasteiger partial charge in [0, 0.05) is 5.02 Å². The molecule has 0 aliphatic rings. The third-order valence-corrected chi connectivity index (χ3v) is 3.04. The molecule has 0 aliphatic heterocycles. The smallest absolute Gasteiger partial charge is 0.344 e. The molecule has 2 aromatic carbocycles. The molecule has 23 heavy (non-hydrogen) atoms. The Bertz CT molecular complexity index is 600. The summed E-state index contributed by atoms with van der Waals surface area (Å²) in [6.07, 6.45) is -0.925. The Kier molecular flexibility index (Phi) is 6.72. The summed E-state index contributed by atoms with van der Waals surface area (Å²) in [4.78, 5) is 11.5. The van der Waals surface area contributed by atoms with Gasteiger partial charge in [0.05, 0.1) is 0 Å². The van der Waals surface area contributed by atoms with E-state index in [1.807, 2.05) is 6.07 Å². The first-order valence-corrected chi connectivity index (χ1v) is 7.41. The molecule has 0 saturated heterocycles. The highest BCUT2D eigenvalue weighted by Crippen LogP contribution is 2.15. The number of carbonyl (C=O) groups excluding carboxylic acids is 1. The van der Waals surface area contributed by atoms with Crippen LogP contribution in [0.1, 0.15) is 0 Å². The molecule has 0 heterocycles. The van der Waals surface area contributed by atoms with E-state index in [1.165, 1.54) is 0 Å². The Morgan fingerprint density at radius 3 is 2.30 bits per heavy atom. The molecule has 0 aromatic heterocycles. The van der Waals surface area contributed by atoms with Gasteiger partial charge < -0.3 is 19.3 Å². The Morgan fingerprint density at radius 2 is 1.61 bits per heavy atom. The molecule has 5 nitrogen and oxygen atoms in total. The Morgan fingerprint density at radius 1 is 0.957 bits per heavy atom. The molecule has 0 amide bonds. The minimum Gasteiger partial charge on any atom is -0.491 e. The first-order chi connectivity index (χ1) is 11.1. The van der Waals surface area contributed by atoms with Crippen LogP contribution in [0.2, 0.25) is 5.02 Å². The fraction of sp³-hybridized carbons (Fsp3) is 0.235. The first-order valence-electron chi connectivity index (χ1n) is 7.03. The van der Waals surface area contributed by atoms with E-state index >= 15 is 0 Å². The highest BCUT2D eigenvalue weighted by molar-refractivity contribution is 6.30. The van der Waals surface area contributed by atoms with Gasteiger partial charge in [-0.2, -0.15) is 0 Å². The summed E-state index contributed by atoms with van der Waals surface area (Å²) in [6.45, 7) is -0.367. The summed E-state index contributed by atoms with van der Waals surface area (Å²) >= 11 is 5.76. The minimum absolute atomic E-state index is 0.00839. The minimum atomic E-state index is -0.925. The summed E-state index contributed by atoms with van der Waals surface area (Å²) in [5.74, 6) is 0.600. The number of para-hydroxylation sites is 1. The molecule has 1 unspecified atom stereocenters. The normalized spacial score (nSPS) is 11.6. The van der Waals surface area contributed by atoms with Crippen LogP contribution in [0.5, 0.6) is 11.5 Å². The van der Waals surface area contributed by atoms with Gasteiger partial charge >= 0.3 is 5.97 Å². The van der Waals surface area contributed by atoms with Crippen molar-refractivity contribution < 1.29 is 24.1 Å². The van der Waals surface area contributed by atoms with Crippen molar-refractivity contribution in [3.63, 3.8) is 0 Å². The monoisotopic (exact) mass is 336 g/mol. The molecule has 0 aliphatic carbocycles. The molecule has 1 N–H and O–H groups in total. The van der Waals surface area contributed by atoms with Gasteiger partial charge in [-0.15, -0.1) is 0 Å². The third kappa shape index (κ3) is 6.59. The van der Waals surface area contributed by atoms with Gasteiger partial charge in [0.1, 0.15) is 30.8 Å². The van der Waals surface area contributed by atoms with Crippen molar-refractivity contribution in [2.45, 2.75) is 6.10 Å². The second-order valence-corrected chi connectivity index (χ2v) is 5.14. The molecule has 2 rings (SSSR count). The van der Waals surface area contributed by atoms with E-state index in [2.05, 4.69) is 0 Å². The molecule has 0 fully saturated rings. The molecule has 122 valence electrons. The van der Waals surface area contributed by atoms with Gasteiger partial charge in [0.15, 0.2) is 6.61 Å². The van der Waals surface area contributed by atoms with E-state index in [9.17, 15) is 9.90 Å². The highest BCUT2D eigenvalue weighted by Gasteiger charge is 2.10. The average Bonchev–Trinajstić information content (AvgIpc) is 2.58. The zero-order chi connectivity index (χ0) is 16.5. The van der Waals surface area contributed by atoms with Crippen LogP contribution >= 0.6 is 11.6 Å². The van der Waals surface area contributed by atoms with Gasteiger partial charge in [0.25, 0.3) is 0 Å². The first kappa shape index (κ1) is 17.1. The zero-order valence-corrected chi connectivity index (χ0v) is 13.1. The summed E-state index contributed by atoms with van der Waals surface area (Å²) in [6, 6.07) is 15.7. The zero-order valence-electron chi connectivity index (χ0n) is 12.4. The lowest BCUT2D eigenvalue weighted by Crippen LogP contribution is -2.27. The highest BCUT2D eigenvalue weighted by atomic mass is 35.5. The van der Waals surface area contributed by atoms with Crippen molar-refractivity contribution in [3.8, 4) is 11.5 Å². The van der Waals surface area contributed by atoms with Gasteiger partial charge in [-0.3, -0.25) is 0 Å². The molecule has 6 heteroatoms. The lowest BCUT2D eigenvalue weighted by molar-refractivity contribution is -0.149. The number of carbonyl (C=O) groups is 1. The second kappa shape index (κ2) is 9.02. The van der Waals surface area contributed by atoms with Gasteiger partial charge in [-0.1, -0.05) is 29.8 Å². The van der Waals surface area contributed by atoms with Crippen molar-refractivity contribution in [2.24, 2.45) is 0 Å². The third-order valence-electron chi connectivity index (χ3n) is 2.79. The van der Waals surface area contributed by atoms with Crippen LogP contribution < -0.4 is 9.47 Å².